The van der Waals surface area contributed by atoms with E-state index in [9.17, 15) is 4.79 Å². The second-order valence-corrected chi connectivity index (χ2v) is 2.01. The van der Waals surface area contributed by atoms with E-state index < -0.39 is 6.16 Å². The molecule has 0 aliphatic heterocycles. The molecule has 0 aromatic carbocycles. The van der Waals surface area contributed by atoms with Gasteiger partial charge < -0.3 is 9.47 Å². The lowest BCUT2D eigenvalue weighted by Gasteiger charge is -2.06. The van der Waals surface area contributed by atoms with Crippen molar-refractivity contribution in [2.75, 3.05) is 6.79 Å². The van der Waals surface area contributed by atoms with Gasteiger partial charge in [-0.15, -0.1) is 0 Å². The van der Waals surface area contributed by atoms with Gasteiger partial charge in [0.2, 0.25) is 6.79 Å². The molecule has 5 heteroatoms. The number of carbonyl (C=O) groups is 1. The summed E-state index contributed by atoms with van der Waals surface area (Å²) in [6.07, 6.45) is -0.974. The molecule has 0 radical (unpaired) electrons. The molecule has 0 bridgehead atoms. The van der Waals surface area contributed by atoms with Crippen molar-refractivity contribution in [1.29, 1.82) is 0 Å². The summed E-state index contributed by atoms with van der Waals surface area (Å²) in [7, 11) is 0. The minimum Gasteiger partial charge on any atom is -0.432 e. The van der Waals surface area contributed by atoms with E-state index in [1.165, 1.54) is 0 Å². The molecule has 0 saturated carbocycles. The highest BCUT2D eigenvalue weighted by atomic mass is 35.5. The van der Waals surface area contributed by atoms with Crippen LogP contribution in [0.2, 0.25) is 0 Å². The van der Waals surface area contributed by atoms with Crippen molar-refractivity contribution < 1.29 is 18.6 Å². The molecular weight excluding hydrogens is 160 g/mol. The molecule has 0 aliphatic rings. The van der Waals surface area contributed by atoms with Crippen molar-refractivity contribution in [3.8, 4) is 0 Å². The summed E-state index contributed by atoms with van der Waals surface area (Å²) in [5.41, 5.74) is 0. The lowest BCUT2D eigenvalue weighted by atomic mass is 10.5. The van der Waals surface area contributed by atoms with Gasteiger partial charge in [-0.3, -0.25) is 0 Å². The summed E-state index contributed by atoms with van der Waals surface area (Å²) in [4.78, 5) is 10.4. The van der Waals surface area contributed by atoms with Crippen molar-refractivity contribution in [1.82, 2.24) is 0 Å². The Balaban J connectivity index is 3.26. The predicted octanol–water partition coefficient (Wildman–Crippen LogP) is 1.68. The van der Waals surface area contributed by atoms with Gasteiger partial charge in [-0.1, -0.05) is 0 Å². The van der Waals surface area contributed by atoms with Gasteiger partial charge in [0.1, 0.15) is 0 Å². The first-order chi connectivity index (χ1) is 4.66. The monoisotopic (exact) mass is 168 g/mol. The summed E-state index contributed by atoms with van der Waals surface area (Å²) in [5, 5.41) is 0. The lowest BCUT2D eigenvalue weighted by molar-refractivity contribution is -0.00549. The predicted molar refractivity (Wildman–Crippen MR) is 34.5 cm³/mol. The van der Waals surface area contributed by atoms with E-state index >= 15 is 0 Å². The maximum atomic E-state index is 10.4. The number of hydrogen-bond donors (Lipinski definition) is 0. The van der Waals surface area contributed by atoms with E-state index in [4.69, 9.17) is 11.9 Å². The molecule has 0 amide bonds. The molecular formula is C5H9ClO4. The van der Waals surface area contributed by atoms with Crippen LogP contribution in [-0.4, -0.2) is 19.1 Å². The average molecular weight is 169 g/mol. The zero-order valence-electron chi connectivity index (χ0n) is 5.80. The van der Waals surface area contributed by atoms with Crippen LogP contribution in [0.4, 0.5) is 4.79 Å². The molecule has 0 unspecified atom stereocenters. The molecule has 0 fully saturated rings. The van der Waals surface area contributed by atoms with E-state index in [-0.39, 0.29) is 12.9 Å². The van der Waals surface area contributed by atoms with E-state index in [1.807, 2.05) is 0 Å². The van der Waals surface area contributed by atoms with Crippen LogP contribution in [0.5, 0.6) is 0 Å². The SMILES string of the molecule is CC(C)OC(=O)OCOCl. The molecule has 0 N–H and O–H groups in total. The van der Waals surface area contributed by atoms with Crippen LogP contribution < -0.4 is 0 Å². The van der Waals surface area contributed by atoms with E-state index in [1.54, 1.807) is 13.8 Å². The first-order valence-corrected chi connectivity index (χ1v) is 3.04. The second kappa shape index (κ2) is 5.32. The first kappa shape index (κ1) is 9.52. The molecule has 60 valence electrons. The lowest BCUT2D eigenvalue weighted by Crippen LogP contribution is -2.13. The zero-order valence-corrected chi connectivity index (χ0v) is 6.55. The number of halogens is 1. The normalized spacial score (nSPS) is 9.60. The maximum absolute atomic E-state index is 10.4. The minimum absolute atomic E-state index is 0.192. The quantitative estimate of drug-likeness (QED) is 0.475. The van der Waals surface area contributed by atoms with Gasteiger partial charge in [-0.25, -0.2) is 9.08 Å². The van der Waals surface area contributed by atoms with Crippen LogP contribution >= 0.6 is 11.9 Å². The molecule has 0 atom stereocenters. The highest BCUT2D eigenvalue weighted by Crippen LogP contribution is 1.93. The van der Waals surface area contributed by atoms with Gasteiger partial charge in [0.25, 0.3) is 0 Å². The Morgan fingerprint density at radius 1 is 1.60 bits per heavy atom. The highest BCUT2D eigenvalue weighted by Gasteiger charge is 2.04. The van der Waals surface area contributed by atoms with Gasteiger partial charge in [0.15, 0.2) is 0 Å². The van der Waals surface area contributed by atoms with Crippen LogP contribution in [-0.2, 0) is 13.8 Å². The molecule has 0 saturated heterocycles. The Labute approximate surface area is 64.2 Å². The maximum Gasteiger partial charge on any atom is 0.510 e. The molecule has 0 aromatic heterocycles. The Kier molecular flexibility index (Phi) is 5.06. The van der Waals surface area contributed by atoms with Gasteiger partial charge in [-0.2, -0.15) is 0 Å². The summed E-state index contributed by atoms with van der Waals surface area (Å²) >= 11 is 4.75. The van der Waals surface area contributed by atoms with E-state index in [0.717, 1.165) is 0 Å². The Hall–Kier alpha value is -0.480. The van der Waals surface area contributed by atoms with Crippen molar-refractivity contribution in [3.63, 3.8) is 0 Å². The number of carbonyl (C=O) groups excluding carboxylic acids is 1. The largest absolute Gasteiger partial charge is 0.510 e. The molecule has 0 aliphatic carbocycles. The zero-order chi connectivity index (χ0) is 7.98. The van der Waals surface area contributed by atoms with Gasteiger partial charge in [0, 0.05) is 0 Å². The summed E-state index contributed by atoms with van der Waals surface area (Å²) in [5.74, 6) is 0. The fourth-order valence-electron chi connectivity index (χ4n) is 0.297. The fourth-order valence-corrected chi connectivity index (χ4v) is 0.341. The van der Waals surface area contributed by atoms with Crippen molar-refractivity contribution in [2.24, 2.45) is 0 Å². The Morgan fingerprint density at radius 3 is 2.60 bits per heavy atom. The molecule has 0 aromatic rings. The number of ether oxygens (including phenoxy) is 2. The van der Waals surface area contributed by atoms with E-state index in [0.29, 0.717) is 0 Å². The van der Waals surface area contributed by atoms with E-state index in [2.05, 4.69) is 13.8 Å². The Morgan fingerprint density at radius 2 is 2.20 bits per heavy atom. The number of rotatable bonds is 3. The molecule has 4 nitrogen and oxygen atoms in total. The van der Waals surface area contributed by atoms with Gasteiger partial charge in [-0.05, 0) is 13.8 Å². The van der Waals surface area contributed by atoms with Gasteiger partial charge in [0.05, 0.1) is 18.0 Å². The van der Waals surface area contributed by atoms with Crippen LogP contribution in [0, 0.1) is 0 Å². The Bertz CT molecular complexity index is 104. The molecule has 10 heavy (non-hydrogen) atoms. The first-order valence-electron chi connectivity index (χ1n) is 2.73. The van der Waals surface area contributed by atoms with Crippen molar-refractivity contribution in [2.45, 2.75) is 20.0 Å². The third-order valence-electron chi connectivity index (χ3n) is 0.553. The topological polar surface area (TPSA) is 44.8 Å². The third-order valence-corrected chi connectivity index (χ3v) is 0.642. The standard InChI is InChI=1S/C5H9ClO4/c1-4(2)10-5(7)8-3-9-6/h4H,3H2,1-2H3. The smallest absolute Gasteiger partial charge is 0.432 e. The average Bonchev–Trinajstić information content (AvgIpc) is 1.82. The molecule has 0 rings (SSSR count). The summed E-state index contributed by atoms with van der Waals surface area (Å²) in [6, 6.07) is 0. The van der Waals surface area contributed by atoms with Crippen LogP contribution in [0.3, 0.4) is 0 Å². The van der Waals surface area contributed by atoms with Gasteiger partial charge >= 0.3 is 6.16 Å². The second-order valence-electron chi connectivity index (χ2n) is 1.79. The van der Waals surface area contributed by atoms with Crippen molar-refractivity contribution >= 4 is 18.0 Å². The minimum atomic E-state index is -0.782. The molecule has 0 spiro atoms. The summed E-state index contributed by atoms with van der Waals surface area (Å²) in [6.45, 7) is 3.12. The fraction of sp³-hybridized carbons (Fsp3) is 0.800. The number of hydrogen-bond acceptors (Lipinski definition) is 4. The molecule has 0 heterocycles. The van der Waals surface area contributed by atoms with Crippen LogP contribution in [0.25, 0.3) is 0 Å². The third kappa shape index (κ3) is 5.65. The highest BCUT2D eigenvalue weighted by molar-refractivity contribution is 6.07. The van der Waals surface area contributed by atoms with Crippen LogP contribution in [0.1, 0.15) is 13.8 Å². The van der Waals surface area contributed by atoms with Crippen LogP contribution in [0.15, 0.2) is 0 Å². The van der Waals surface area contributed by atoms with Crippen molar-refractivity contribution in [3.05, 3.63) is 0 Å². The summed E-state index contributed by atoms with van der Waals surface area (Å²) < 4.78 is 12.8.